The smallest absolute Gasteiger partial charge is 0.311 e. The summed E-state index contributed by atoms with van der Waals surface area (Å²) in [5, 5.41) is 0. The van der Waals surface area contributed by atoms with Gasteiger partial charge in [0.25, 0.3) is 0 Å². The molecule has 2 bridgehead atoms. The van der Waals surface area contributed by atoms with E-state index >= 15 is 0 Å². The quantitative estimate of drug-likeness (QED) is 0.232. The van der Waals surface area contributed by atoms with Crippen LogP contribution in [0.4, 0.5) is 0 Å². The fraction of sp³-hybridized carbons (Fsp3) is 0.925. The molecule has 6 fully saturated rings. The Morgan fingerprint density at radius 3 is 2.25 bits per heavy atom. The number of sulfonamides is 1. The second-order valence-electron chi connectivity index (χ2n) is 19.4. The molecule has 0 heterocycles. The Morgan fingerprint density at radius 1 is 0.917 bits per heavy atom. The predicted octanol–water partition coefficient (Wildman–Crippen LogP) is 8.25. The predicted molar refractivity (Wildman–Crippen MR) is 188 cm³/mol. The number of carbonyl (C=O) groups is 3. The topological polar surface area (TPSA) is 107 Å². The Balaban J connectivity index is 1.03. The van der Waals surface area contributed by atoms with Crippen LogP contribution in [-0.4, -0.2) is 37.9 Å². The standard InChI is InChI=1S/C40H65NO6S/c1-9-36(3,4)35(44)47-28-17-19-38(7)27(22-28)11-12-29-31-14-13-30(39(31,8)20-18-32(29)38)25(2)10-15-34(43)41-48(45,46)24-40-21-16-26(23-33(40)42)37(40,5)6/h25-32H,9-24H2,1-8H3,(H,41,43)/t25?,26?,27?,28-,29?,30?,31?,32?,38-,39+,40?/m0/s1. The zero-order valence-corrected chi connectivity index (χ0v) is 32.1. The highest BCUT2D eigenvalue weighted by atomic mass is 32.2. The number of hydrogen-bond donors (Lipinski definition) is 1. The van der Waals surface area contributed by atoms with E-state index in [1.165, 1.54) is 38.5 Å². The first-order chi connectivity index (χ1) is 22.3. The Bertz CT molecular complexity index is 1400. The molecule has 0 aliphatic heterocycles. The van der Waals surface area contributed by atoms with Crippen molar-refractivity contribution in [2.45, 2.75) is 158 Å². The third kappa shape index (κ3) is 5.82. The number of carbonyl (C=O) groups excluding carboxylic acids is 3. The Kier molecular flexibility index (Phi) is 9.36. The summed E-state index contributed by atoms with van der Waals surface area (Å²) in [5.41, 5.74) is -1.05. The summed E-state index contributed by atoms with van der Waals surface area (Å²) in [6, 6.07) is 0. The van der Waals surface area contributed by atoms with Gasteiger partial charge in [-0.3, -0.25) is 19.1 Å². The van der Waals surface area contributed by atoms with Gasteiger partial charge in [0.05, 0.1) is 16.6 Å². The van der Waals surface area contributed by atoms with Crippen molar-refractivity contribution in [3.63, 3.8) is 0 Å². The molecule has 8 unspecified atom stereocenters. The van der Waals surface area contributed by atoms with E-state index in [4.69, 9.17) is 4.74 Å². The lowest BCUT2D eigenvalue weighted by molar-refractivity contribution is -0.171. The first-order valence-electron chi connectivity index (χ1n) is 19.6. The van der Waals surface area contributed by atoms with Crippen molar-refractivity contribution in [1.29, 1.82) is 0 Å². The van der Waals surface area contributed by atoms with Crippen LogP contribution in [0.25, 0.3) is 0 Å². The molecular weight excluding hydrogens is 623 g/mol. The van der Waals surface area contributed by atoms with E-state index in [9.17, 15) is 22.8 Å². The number of amides is 1. The Morgan fingerprint density at radius 2 is 1.60 bits per heavy atom. The highest BCUT2D eigenvalue weighted by Crippen LogP contribution is 2.69. The molecule has 0 aromatic rings. The Hall–Kier alpha value is -1.44. The minimum atomic E-state index is -3.90. The van der Waals surface area contributed by atoms with Crippen molar-refractivity contribution in [2.24, 2.45) is 68.5 Å². The van der Waals surface area contributed by atoms with E-state index in [1.54, 1.807) is 0 Å². The molecule has 0 aromatic carbocycles. The van der Waals surface area contributed by atoms with Gasteiger partial charge in [0.15, 0.2) is 0 Å². The maximum Gasteiger partial charge on any atom is 0.311 e. The maximum absolute atomic E-state index is 13.2. The minimum absolute atomic E-state index is 0.0398. The molecule has 11 atom stereocenters. The molecule has 0 radical (unpaired) electrons. The van der Waals surface area contributed by atoms with Crippen LogP contribution in [0, 0.1) is 68.5 Å². The normalized spacial score (nSPS) is 42.4. The number of esters is 1. The van der Waals surface area contributed by atoms with Gasteiger partial charge >= 0.3 is 5.97 Å². The van der Waals surface area contributed by atoms with Gasteiger partial charge in [0, 0.05) is 12.8 Å². The van der Waals surface area contributed by atoms with Crippen LogP contribution in [0.5, 0.6) is 0 Å². The van der Waals surface area contributed by atoms with Crippen molar-refractivity contribution >= 4 is 27.7 Å². The molecule has 48 heavy (non-hydrogen) atoms. The third-order valence-electron chi connectivity index (χ3n) is 16.8. The molecular formula is C40H65NO6S. The molecule has 272 valence electrons. The van der Waals surface area contributed by atoms with E-state index in [-0.39, 0.29) is 46.8 Å². The summed E-state index contributed by atoms with van der Waals surface area (Å²) in [6.07, 6.45) is 14.3. The number of fused-ring (bicyclic) bond motifs is 7. The Labute approximate surface area is 291 Å². The van der Waals surface area contributed by atoms with Gasteiger partial charge in [0.2, 0.25) is 15.9 Å². The zero-order valence-electron chi connectivity index (χ0n) is 31.3. The van der Waals surface area contributed by atoms with Gasteiger partial charge < -0.3 is 4.74 Å². The zero-order chi connectivity index (χ0) is 35.1. The number of rotatable bonds is 10. The van der Waals surface area contributed by atoms with Crippen molar-refractivity contribution in [3.8, 4) is 0 Å². The fourth-order valence-electron chi connectivity index (χ4n) is 13.0. The van der Waals surface area contributed by atoms with Crippen LogP contribution in [0.2, 0.25) is 0 Å². The number of ether oxygens (including phenoxy) is 1. The molecule has 0 spiro atoms. The lowest BCUT2D eigenvalue weighted by Gasteiger charge is -2.61. The molecule has 6 saturated carbocycles. The summed E-state index contributed by atoms with van der Waals surface area (Å²) in [7, 11) is -3.90. The van der Waals surface area contributed by atoms with Crippen molar-refractivity contribution in [3.05, 3.63) is 0 Å². The highest BCUT2D eigenvalue weighted by Gasteiger charge is 2.65. The van der Waals surface area contributed by atoms with E-state index in [0.29, 0.717) is 48.3 Å². The van der Waals surface area contributed by atoms with Crippen molar-refractivity contribution in [2.75, 3.05) is 5.75 Å². The second kappa shape index (κ2) is 12.4. The number of hydrogen-bond acceptors (Lipinski definition) is 6. The lowest BCUT2D eigenvalue weighted by Crippen LogP contribution is -2.54. The van der Waals surface area contributed by atoms with Crippen molar-refractivity contribution < 1.29 is 27.5 Å². The van der Waals surface area contributed by atoms with Crippen LogP contribution in [0.3, 0.4) is 0 Å². The third-order valence-corrected chi connectivity index (χ3v) is 18.2. The summed E-state index contributed by atoms with van der Waals surface area (Å²) in [6.45, 7) is 17.5. The first-order valence-corrected chi connectivity index (χ1v) is 21.2. The van der Waals surface area contributed by atoms with Crippen LogP contribution < -0.4 is 4.72 Å². The van der Waals surface area contributed by atoms with Gasteiger partial charge in [-0.1, -0.05) is 41.5 Å². The minimum Gasteiger partial charge on any atom is -0.462 e. The molecule has 6 aliphatic carbocycles. The van der Waals surface area contributed by atoms with Gasteiger partial charge in [-0.05, 0) is 155 Å². The molecule has 8 heteroatoms. The molecule has 1 amide bonds. The first kappa shape index (κ1) is 36.4. The van der Waals surface area contributed by atoms with E-state index in [1.807, 2.05) is 27.7 Å². The highest BCUT2D eigenvalue weighted by molar-refractivity contribution is 7.90. The maximum atomic E-state index is 13.2. The van der Waals surface area contributed by atoms with E-state index < -0.39 is 26.8 Å². The lowest BCUT2D eigenvalue weighted by atomic mass is 9.44. The average molecular weight is 688 g/mol. The van der Waals surface area contributed by atoms with Crippen LogP contribution in [0.1, 0.15) is 152 Å². The summed E-state index contributed by atoms with van der Waals surface area (Å²) >= 11 is 0. The monoisotopic (exact) mass is 687 g/mol. The fourth-order valence-corrected chi connectivity index (χ4v) is 14.9. The summed E-state index contributed by atoms with van der Waals surface area (Å²) < 4.78 is 34.9. The van der Waals surface area contributed by atoms with Gasteiger partial charge in [-0.15, -0.1) is 0 Å². The van der Waals surface area contributed by atoms with E-state index in [0.717, 1.165) is 43.9 Å². The van der Waals surface area contributed by atoms with Gasteiger partial charge in [0.1, 0.15) is 11.9 Å². The SMILES string of the molecule is CCC(C)(C)C(=O)O[C@H]1CC[C@@]2(C)C(CCC3C4CCC(C(C)CCC(=O)NS(=O)(=O)CC56CCC(CC5=O)C6(C)C)[C@@]4(C)CCC32)C1. The molecule has 6 rings (SSSR count). The molecule has 6 aliphatic rings. The van der Waals surface area contributed by atoms with Crippen LogP contribution in [-0.2, 0) is 29.1 Å². The van der Waals surface area contributed by atoms with Gasteiger partial charge in [-0.25, -0.2) is 8.42 Å². The van der Waals surface area contributed by atoms with Gasteiger partial charge in [-0.2, -0.15) is 0 Å². The van der Waals surface area contributed by atoms with Crippen LogP contribution in [0.15, 0.2) is 0 Å². The van der Waals surface area contributed by atoms with Crippen molar-refractivity contribution in [1.82, 2.24) is 4.72 Å². The summed E-state index contributed by atoms with van der Waals surface area (Å²) in [5.74, 6) is 3.26. The second-order valence-corrected chi connectivity index (χ2v) is 21.1. The largest absolute Gasteiger partial charge is 0.462 e. The number of ketones is 1. The average Bonchev–Trinajstić information content (AvgIpc) is 3.55. The molecule has 7 nitrogen and oxygen atoms in total. The molecule has 0 aromatic heterocycles. The molecule has 1 N–H and O–H groups in total. The molecule has 0 saturated heterocycles. The van der Waals surface area contributed by atoms with Crippen LogP contribution >= 0.6 is 0 Å². The number of nitrogens with one attached hydrogen (secondary N) is 1. The summed E-state index contributed by atoms with van der Waals surface area (Å²) in [4.78, 5) is 38.8. The number of Topliss-reactive ketones (excluding diaryl/α,β-unsaturated/α-hetero) is 1. The van der Waals surface area contributed by atoms with E-state index in [2.05, 4.69) is 32.4 Å².